The quantitative estimate of drug-likeness (QED) is 0.876. The van der Waals surface area contributed by atoms with Crippen LogP contribution in [0.25, 0.3) is 0 Å². The molecule has 1 aliphatic rings. The molecule has 1 aliphatic carbocycles. The van der Waals surface area contributed by atoms with Crippen molar-refractivity contribution in [1.29, 1.82) is 0 Å². The lowest BCUT2D eigenvalue weighted by atomic mass is 9.95. The van der Waals surface area contributed by atoms with Gasteiger partial charge in [0.15, 0.2) is 0 Å². The molecule has 17 heavy (non-hydrogen) atoms. The van der Waals surface area contributed by atoms with Gasteiger partial charge >= 0.3 is 0 Å². The Morgan fingerprint density at radius 2 is 2.29 bits per heavy atom. The Hall–Kier alpha value is -0.550. The Balaban J connectivity index is 1.80. The number of rotatable bonds is 5. The van der Waals surface area contributed by atoms with Gasteiger partial charge in [0, 0.05) is 18.2 Å². The first-order chi connectivity index (χ1) is 8.28. The van der Waals surface area contributed by atoms with Crippen molar-refractivity contribution in [3.63, 3.8) is 0 Å². The molecule has 1 aromatic heterocycles. The van der Waals surface area contributed by atoms with E-state index in [4.69, 9.17) is 4.42 Å². The van der Waals surface area contributed by atoms with E-state index in [1.807, 2.05) is 6.92 Å². The smallest absolute Gasteiger partial charge is 0.276 e. The van der Waals surface area contributed by atoms with Gasteiger partial charge in [-0.2, -0.15) is 0 Å². The molecule has 1 fully saturated rings. The highest BCUT2D eigenvalue weighted by molar-refractivity contribution is 7.99. The first kappa shape index (κ1) is 12.9. The van der Waals surface area contributed by atoms with Gasteiger partial charge in [-0.25, -0.2) is 0 Å². The maximum atomic E-state index is 5.42. The molecule has 1 aromatic rings. The van der Waals surface area contributed by atoms with E-state index in [0.717, 1.165) is 11.8 Å². The number of thioether (sulfide) groups is 1. The zero-order valence-corrected chi connectivity index (χ0v) is 11.4. The fourth-order valence-electron chi connectivity index (χ4n) is 2.25. The minimum Gasteiger partial charge on any atom is -0.416 e. The van der Waals surface area contributed by atoms with Gasteiger partial charge in [-0.3, -0.25) is 0 Å². The van der Waals surface area contributed by atoms with Gasteiger partial charge in [0.05, 0.1) is 0 Å². The number of nitrogens with zero attached hydrogens (tertiary/aromatic N) is 2. The van der Waals surface area contributed by atoms with E-state index in [2.05, 4.69) is 22.4 Å². The van der Waals surface area contributed by atoms with Gasteiger partial charge in [-0.05, 0) is 32.2 Å². The predicted octanol–water partition coefficient (Wildman–Crippen LogP) is 2.78. The number of nitrogens with one attached hydrogen (secondary N) is 1. The van der Waals surface area contributed by atoms with Crippen molar-refractivity contribution in [2.75, 3.05) is 6.54 Å². The molecule has 0 spiro atoms. The summed E-state index contributed by atoms with van der Waals surface area (Å²) in [6.45, 7) is 5.18. The van der Waals surface area contributed by atoms with Gasteiger partial charge in [0.2, 0.25) is 5.89 Å². The van der Waals surface area contributed by atoms with Crippen LogP contribution in [-0.4, -0.2) is 28.0 Å². The molecule has 0 saturated heterocycles. The van der Waals surface area contributed by atoms with E-state index in [1.165, 1.54) is 32.1 Å². The van der Waals surface area contributed by atoms with Crippen molar-refractivity contribution >= 4 is 11.8 Å². The van der Waals surface area contributed by atoms with Crippen LogP contribution in [0.5, 0.6) is 0 Å². The van der Waals surface area contributed by atoms with Gasteiger partial charge in [0.1, 0.15) is 0 Å². The zero-order chi connectivity index (χ0) is 12.1. The molecular formula is C12H21N3OS. The summed E-state index contributed by atoms with van der Waals surface area (Å²) in [5.74, 6) is 0.656. The minimum absolute atomic E-state index is 0.623. The van der Waals surface area contributed by atoms with Crippen LogP contribution in [0.1, 0.15) is 44.9 Å². The topological polar surface area (TPSA) is 51.0 Å². The van der Waals surface area contributed by atoms with E-state index >= 15 is 0 Å². The molecule has 5 heteroatoms. The fourth-order valence-corrected chi connectivity index (χ4v) is 3.41. The van der Waals surface area contributed by atoms with Crippen LogP contribution >= 0.6 is 11.8 Å². The second-order valence-corrected chi connectivity index (χ2v) is 5.90. The van der Waals surface area contributed by atoms with Crippen LogP contribution < -0.4 is 5.32 Å². The third-order valence-electron chi connectivity index (χ3n) is 3.08. The molecular weight excluding hydrogens is 234 g/mol. The Kier molecular flexibility index (Phi) is 4.86. The van der Waals surface area contributed by atoms with E-state index in [9.17, 15) is 0 Å². The summed E-state index contributed by atoms with van der Waals surface area (Å²) in [4.78, 5) is 0. The first-order valence-electron chi connectivity index (χ1n) is 6.48. The predicted molar refractivity (Wildman–Crippen MR) is 69.2 cm³/mol. The van der Waals surface area contributed by atoms with Crippen molar-refractivity contribution in [3.8, 4) is 0 Å². The number of aryl methyl sites for hydroxylation is 1. The lowest BCUT2D eigenvalue weighted by Gasteiger charge is -2.28. The third-order valence-corrected chi connectivity index (χ3v) is 4.21. The van der Waals surface area contributed by atoms with Crippen molar-refractivity contribution in [2.45, 2.75) is 62.5 Å². The Labute approximate surface area is 107 Å². The Morgan fingerprint density at radius 3 is 3.00 bits per heavy atom. The lowest BCUT2D eigenvalue weighted by Crippen LogP contribution is -2.35. The molecule has 0 radical (unpaired) electrons. The summed E-state index contributed by atoms with van der Waals surface area (Å²) < 4.78 is 5.42. The average Bonchev–Trinajstić information content (AvgIpc) is 2.73. The molecule has 0 amide bonds. The van der Waals surface area contributed by atoms with Crippen LogP contribution in [-0.2, 0) is 0 Å². The van der Waals surface area contributed by atoms with E-state index in [-0.39, 0.29) is 0 Å². The number of hydrogen-bond donors (Lipinski definition) is 1. The van der Waals surface area contributed by atoms with E-state index < -0.39 is 0 Å². The molecule has 4 nitrogen and oxygen atoms in total. The van der Waals surface area contributed by atoms with Gasteiger partial charge < -0.3 is 9.73 Å². The molecule has 2 rings (SSSR count). The van der Waals surface area contributed by atoms with Crippen molar-refractivity contribution < 1.29 is 4.42 Å². The third kappa shape index (κ3) is 4.00. The van der Waals surface area contributed by atoms with Crippen LogP contribution in [0.4, 0.5) is 0 Å². The molecule has 1 heterocycles. The summed E-state index contributed by atoms with van der Waals surface area (Å²) in [5, 5.41) is 12.9. The van der Waals surface area contributed by atoms with Crippen LogP contribution in [0.15, 0.2) is 9.64 Å². The lowest BCUT2D eigenvalue weighted by molar-refractivity contribution is 0.377. The van der Waals surface area contributed by atoms with Crippen molar-refractivity contribution in [3.05, 3.63) is 5.89 Å². The Bertz CT molecular complexity index is 342. The summed E-state index contributed by atoms with van der Waals surface area (Å²) in [6, 6.07) is 0.671. The van der Waals surface area contributed by atoms with Crippen LogP contribution in [0.2, 0.25) is 0 Å². The second-order valence-electron chi connectivity index (χ2n) is 4.64. The van der Waals surface area contributed by atoms with Crippen molar-refractivity contribution in [2.24, 2.45) is 0 Å². The monoisotopic (exact) mass is 255 g/mol. The maximum Gasteiger partial charge on any atom is 0.276 e. The fraction of sp³-hybridized carbons (Fsp3) is 0.833. The van der Waals surface area contributed by atoms with Crippen molar-refractivity contribution in [1.82, 2.24) is 15.5 Å². The minimum atomic E-state index is 0.623. The zero-order valence-electron chi connectivity index (χ0n) is 10.6. The van der Waals surface area contributed by atoms with Gasteiger partial charge in [-0.15, -0.1) is 10.2 Å². The molecule has 0 bridgehead atoms. The van der Waals surface area contributed by atoms with Gasteiger partial charge in [-0.1, -0.05) is 25.1 Å². The standard InChI is InChI=1S/C12H21N3OS/c1-3-7-13-10-5-4-6-11(8-10)17-12-15-14-9(2)16-12/h10-11,13H,3-8H2,1-2H3. The largest absolute Gasteiger partial charge is 0.416 e. The molecule has 2 unspecified atom stereocenters. The normalized spacial score (nSPS) is 25.1. The summed E-state index contributed by atoms with van der Waals surface area (Å²) in [7, 11) is 0. The highest BCUT2D eigenvalue weighted by atomic mass is 32.2. The molecule has 1 N–H and O–H groups in total. The molecule has 0 aromatic carbocycles. The number of hydrogen-bond acceptors (Lipinski definition) is 5. The summed E-state index contributed by atoms with van der Waals surface area (Å²) >= 11 is 1.74. The van der Waals surface area contributed by atoms with E-state index in [1.54, 1.807) is 11.8 Å². The highest BCUT2D eigenvalue weighted by Gasteiger charge is 2.23. The SMILES string of the molecule is CCCNC1CCCC(Sc2nnc(C)o2)C1. The average molecular weight is 255 g/mol. The van der Waals surface area contributed by atoms with Crippen LogP contribution in [0.3, 0.4) is 0 Å². The molecule has 1 saturated carbocycles. The van der Waals surface area contributed by atoms with Gasteiger partial charge in [0.25, 0.3) is 5.22 Å². The maximum absolute atomic E-state index is 5.42. The second kappa shape index (κ2) is 6.40. The molecule has 0 aliphatic heterocycles. The molecule has 2 atom stereocenters. The highest BCUT2D eigenvalue weighted by Crippen LogP contribution is 2.32. The van der Waals surface area contributed by atoms with E-state index in [0.29, 0.717) is 17.2 Å². The molecule has 96 valence electrons. The number of aromatic nitrogens is 2. The van der Waals surface area contributed by atoms with Crippen LogP contribution in [0, 0.1) is 6.92 Å². The first-order valence-corrected chi connectivity index (χ1v) is 7.36. The Morgan fingerprint density at radius 1 is 1.41 bits per heavy atom. The summed E-state index contributed by atoms with van der Waals surface area (Å²) in [6.07, 6.45) is 6.28. The summed E-state index contributed by atoms with van der Waals surface area (Å²) in [5.41, 5.74) is 0.